The minimum atomic E-state index is -0.126. The van der Waals surface area contributed by atoms with E-state index in [-0.39, 0.29) is 28.9 Å². The van der Waals surface area contributed by atoms with Crippen molar-refractivity contribution in [3.63, 3.8) is 0 Å². The van der Waals surface area contributed by atoms with Gasteiger partial charge in [0.2, 0.25) is 0 Å². The Morgan fingerprint density at radius 3 is 2.17 bits per heavy atom. The molecule has 2 heterocycles. The molecule has 1 aromatic rings. The standard InChI is InChI=1S/C26H43NO3/c1-9-25(7)16-22(23-28-17-24(5,6)18-29-23)19(3)26(8,10-2)27(25)30-20(4)21-14-12-11-13-15-21/h11-15,19-20,22-23H,9-10,16-18H2,1-8H3. The fourth-order valence-electron chi connectivity index (χ4n) is 5.26. The van der Waals surface area contributed by atoms with Crippen molar-refractivity contribution in [2.75, 3.05) is 13.2 Å². The Morgan fingerprint density at radius 1 is 1.03 bits per heavy atom. The van der Waals surface area contributed by atoms with E-state index in [0.717, 1.165) is 32.5 Å². The molecule has 2 aliphatic rings. The van der Waals surface area contributed by atoms with E-state index in [1.54, 1.807) is 0 Å². The molecule has 1 aromatic carbocycles. The minimum absolute atomic E-state index is 0.00896. The van der Waals surface area contributed by atoms with Crippen molar-refractivity contribution in [3.05, 3.63) is 35.9 Å². The van der Waals surface area contributed by atoms with Gasteiger partial charge in [-0.15, -0.1) is 0 Å². The lowest BCUT2D eigenvalue weighted by Crippen LogP contribution is -2.68. The maximum absolute atomic E-state index is 6.78. The van der Waals surface area contributed by atoms with Crippen molar-refractivity contribution in [2.45, 2.75) is 98.1 Å². The molecule has 0 N–H and O–H groups in total. The smallest absolute Gasteiger partial charge is 0.160 e. The lowest BCUT2D eigenvalue weighted by atomic mass is 9.65. The van der Waals surface area contributed by atoms with Gasteiger partial charge in [0.05, 0.1) is 13.2 Å². The van der Waals surface area contributed by atoms with Crippen LogP contribution in [0.1, 0.15) is 86.3 Å². The van der Waals surface area contributed by atoms with Crippen molar-refractivity contribution < 1.29 is 14.3 Å². The normalized spacial score (nSPS) is 36.5. The quantitative estimate of drug-likeness (QED) is 0.538. The van der Waals surface area contributed by atoms with Crippen LogP contribution in [0.25, 0.3) is 0 Å². The topological polar surface area (TPSA) is 30.9 Å². The van der Waals surface area contributed by atoms with Gasteiger partial charge in [-0.3, -0.25) is 4.84 Å². The van der Waals surface area contributed by atoms with Crippen molar-refractivity contribution in [3.8, 4) is 0 Å². The van der Waals surface area contributed by atoms with Crippen LogP contribution < -0.4 is 0 Å². The zero-order valence-corrected chi connectivity index (χ0v) is 20.4. The van der Waals surface area contributed by atoms with Crippen molar-refractivity contribution in [2.24, 2.45) is 17.3 Å². The first-order valence-corrected chi connectivity index (χ1v) is 11.8. The van der Waals surface area contributed by atoms with E-state index in [9.17, 15) is 0 Å². The van der Waals surface area contributed by atoms with Gasteiger partial charge in [-0.05, 0) is 51.5 Å². The summed E-state index contributed by atoms with van der Waals surface area (Å²) >= 11 is 0. The van der Waals surface area contributed by atoms with Crippen LogP contribution in [0, 0.1) is 17.3 Å². The van der Waals surface area contributed by atoms with Crippen molar-refractivity contribution >= 4 is 0 Å². The van der Waals surface area contributed by atoms with Crippen LogP contribution in [-0.4, -0.2) is 35.6 Å². The fraction of sp³-hybridized carbons (Fsp3) is 0.769. The van der Waals surface area contributed by atoms with Crippen LogP contribution in [0.15, 0.2) is 30.3 Å². The SMILES string of the molecule is CCC1(C)CC(C2OCC(C)(C)CO2)C(C)C(C)(CC)N1OC(C)c1ccccc1. The summed E-state index contributed by atoms with van der Waals surface area (Å²) in [7, 11) is 0. The molecule has 0 aromatic heterocycles. The van der Waals surface area contributed by atoms with Gasteiger partial charge in [0.1, 0.15) is 6.10 Å². The van der Waals surface area contributed by atoms with Gasteiger partial charge >= 0.3 is 0 Å². The summed E-state index contributed by atoms with van der Waals surface area (Å²) < 4.78 is 12.6. The summed E-state index contributed by atoms with van der Waals surface area (Å²) in [6.07, 6.45) is 2.92. The molecule has 0 aliphatic carbocycles. The fourth-order valence-corrected chi connectivity index (χ4v) is 5.26. The van der Waals surface area contributed by atoms with E-state index in [1.165, 1.54) is 5.56 Å². The molecule has 0 amide bonds. The highest BCUT2D eigenvalue weighted by Crippen LogP contribution is 2.51. The molecule has 4 heteroatoms. The van der Waals surface area contributed by atoms with Gasteiger partial charge in [0.15, 0.2) is 6.29 Å². The summed E-state index contributed by atoms with van der Waals surface area (Å²) in [5, 5.41) is 2.35. The predicted octanol–water partition coefficient (Wildman–Crippen LogP) is 6.37. The number of rotatable bonds is 6. The Bertz CT molecular complexity index is 683. The highest BCUT2D eigenvalue weighted by atomic mass is 16.7. The predicted molar refractivity (Wildman–Crippen MR) is 122 cm³/mol. The lowest BCUT2D eigenvalue weighted by Gasteiger charge is -2.61. The molecule has 2 fully saturated rings. The molecule has 30 heavy (non-hydrogen) atoms. The van der Waals surface area contributed by atoms with Crippen LogP contribution in [-0.2, 0) is 14.3 Å². The lowest BCUT2D eigenvalue weighted by molar-refractivity contribution is -0.351. The third-order valence-corrected chi connectivity index (χ3v) is 7.89. The van der Waals surface area contributed by atoms with E-state index < -0.39 is 0 Å². The molecule has 4 nitrogen and oxygen atoms in total. The van der Waals surface area contributed by atoms with Crippen molar-refractivity contribution in [1.82, 2.24) is 5.06 Å². The Labute approximate surface area is 184 Å². The van der Waals surface area contributed by atoms with E-state index in [4.69, 9.17) is 14.3 Å². The monoisotopic (exact) mass is 417 g/mol. The second-order valence-corrected chi connectivity index (χ2v) is 10.8. The average molecular weight is 418 g/mol. The Morgan fingerprint density at radius 2 is 1.63 bits per heavy atom. The summed E-state index contributed by atoms with van der Waals surface area (Å²) in [6.45, 7) is 19.7. The largest absolute Gasteiger partial charge is 0.352 e. The highest BCUT2D eigenvalue weighted by Gasteiger charge is 2.56. The third-order valence-electron chi connectivity index (χ3n) is 7.89. The second kappa shape index (κ2) is 8.90. The van der Waals surface area contributed by atoms with Crippen molar-refractivity contribution in [1.29, 1.82) is 0 Å². The van der Waals surface area contributed by atoms with Gasteiger partial charge in [0, 0.05) is 22.4 Å². The van der Waals surface area contributed by atoms with Crippen LogP contribution >= 0.6 is 0 Å². The van der Waals surface area contributed by atoms with Crippen LogP contribution in [0.5, 0.6) is 0 Å². The van der Waals surface area contributed by atoms with E-state index in [0.29, 0.717) is 11.8 Å². The van der Waals surface area contributed by atoms with Crippen LogP contribution in [0.4, 0.5) is 0 Å². The molecule has 170 valence electrons. The molecule has 5 unspecified atom stereocenters. The number of nitrogens with zero attached hydrogens (tertiary/aromatic N) is 1. The van der Waals surface area contributed by atoms with Crippen LogP contribution in [0.3, 0.4) is 0 Å². The summed E-state index contributed by atoms with van der Waals surface area (Å²) in [5.41, 5.74) is 1.13. The summed E-state index contributed by atoms with van der Waals surface area (Å²) in [6, 6.07) is 10.5. The zero-order valence-electron chi connectivity index (χ0n) is 20.4. The molecule has 0 radical (unpaired) electrons. The van der Waals surface area contributed by atoms with E-state index in [1.807, 2.05) is 0 Å². The maximum Gasteiger partial charge on any atom is 0.160 e. The van der Waals surface area contributed by atoms with Gasteiger partial charge < -0.3 is 9.47 Å². The molecule has 3 rings (SSSR count). The number of hydrogen-bond donors (Lipinski definition) is 0. The highest BCUT2D eigenvalue weighted by molar-refractivity contribution is 5.17. The zero-order chi connectivity index (χ0) is 22.2. The van der Waals surface area contributed by atoms with Gasteiger partial charge in [-0.2, -0.15) is 5.06 Å². The first kappa shape index (κ1) is 23.7. The van der Waals surface area contributed by atoms with Crippen LogP contribution in [0.2, 0.25) is 0 Å². The summed E-state index contributed by atoms with van der Waals surface area (Å²) in [4.78, 5) is 6.78. The Kier molecular flexibility index (Phi) is 7.03. The van der Waals surface area contributed by atoms with E-state index in [2.05, 4.69) is 90.8 Å². The van der Waals surface area contributed by atoms with Gasteiger partial charge in [0.25, 0.3) is 0 Å². The number of hydrogen-bond acceptors (Lipinski definition) is 4. The molecule has 2 aliphatic heterocycles. The number of benzene rings is 1. The molecule has 0 saturated carbocycles. The van der Waals surface area contributed by atoms with E-state index >= 15 is 0 Å². The maximum atomic E-state index is 6.78. The molecular weight excluding hydrogens is 374 g/mol. The third kappa shape index (κ3) is 4.48. The molecule has 0 spiro atoms. The number of piperidine rings is 1. The van der Waals surface area contributed by atoms with Gasteiger partial charge in [-0.1, -0.05) is 65.0 Å². The molecule has 5 atom stereocenters. The minimum Gasteiger partial charge on any atom is -0.352 e. The number of ether oxygens (including phenoxy) is 2. The Hall–Kier alpha value is -0.940. The van der Waals surface area contributed by atoms with Gasteiger partial charge in [-0.25, -0.2) is 0 Å². The Balaban J connectivity index is 1.87. The molecular formula is C26H43NO3. The summed E-state index contributed by atoms with van der Waals surface area (Å²) in [5.74, 6) is 0.735. The molecule has 2 saturated heterocycles. The molecule has 0 bridgehead atoms. The first-order chi connectivity index (χ1) is 14.1. The number of hydroxylamine groups is 2. The first-order valence-electron chi connectivity index (χ1n) is 11.8. The second-order valence-electron chi connectivity index (χ2n) is 10.8. The average Bonchev–Trinajstić information content (AvgIpc) is 2.74.